The minimum Gasteiger partial charge on any atom is -0.506 e. The number of methoxy groups -OCH3 is 1. The van der Waals surface area contributed by atoms with E-state index in [2.05, 4.69) is 10.3 Å². The number of fused-ring (bicyclic) bond motifs is 1. The molecule has 0 bridgehead atoms. The maximum Gasteiger partial charge on any atom is 0.273 e. The summed E-state index contributed by atoms with van der Waals surface area (Å²) in [6, 6.07) is 17.2. The molecule has 0 saturated heterocycles. The van der Waals surface area contributed by atoms with E-state index >= 15 is 0 Å². The largest absolute Gasteiger partial charge is 0.506 e. The van der Waals surface area contributed by atoms with Crippen LogP contribution in [0.5, 0.6) is 11.5 Å². The van der Waals surface area contributed by atoms with Crippen molar-refractivity contribution in [2.75, 3.05) is 12.4 Å². The monoisotopic (exact) mass is 401 g/mol. The fourth-order valence-electron chi connectivity index (χ4n) is 3.28. The van der Waals surface area contributed by atoms with Crippen molar-refractivity contribution in [2.24, 2.45) is 0 Å². The summed E-state index contributed by atoms with van der Waals surface area (Å²) in [6.45, 7) is 1.84. The van der Waals surface area contributed by atoms with Gasteiger partial charge in [-0.1, -0.05) is 18.2 Å². The Kier molecular flexibility index (Phi) is 4.93. The molecular formula is C23H19N3O4. The van der Waals surface area contributed by atoms with Crippen LogP contribution < -0.4 is 15.6 Å². The van der Waals surface area contributed by atoms with Crippen LogP contribution in [0, 0.1) is 6.92 Å². The van der Waals surface area contributed by atoms with E-state index in [1.807, 2.05) is 19.1 Å². The summed E-state index contributed by atoms with van der Waals surface area (Å²) in [5, 5.41) is 13.8. The smallest absolute Gasteiger partial charge is 0.273 e. The number of aryl methyl sites for hydroxylation is 1. The molecule has 2 aromatic heterocycles. The maximum atomic E-state index is 13.3. The van der Waals surface area contributed by atoms with E-state index in [-0.39, 0.29) is 11.2 Å². The van der Waals surface area contributed by atoms with Crippen LogP contribution in [-0.2, 0) is 0 Å². The molecule has 0 atom stereocenters. The standard InChI is InChI=1S/C23H19N3O4/c1-14-6-3-4-8-18(14)25-22(28)19-20(27)17-7-5-13-24-21(17)26(23(19)29)15-9-11-16(30-2)12-10-15/h3-13,27H,1-2H3,(H,25,28). The first kappa shape index (κ1) is 19.2. The number of carbonyl (C=O) groups is 1. The van der Waals surface area contributed by atoms with Gasteiger partial charge in [0.25, 0.3) is 11.5 Å². The van der Waals surface area contributed by atoms with E-state index in [0.717, 1.165) is 5.56 Å². The minimum atomic E-state index is -0.695. The number of rotatable bonds is 4. The second-order valence-corrected chi connectivity index (χ2v) is 6.71. The number of benzene rings is 2. The molecule has 0 aliphatic heterocycles. The molecule has 0 radical (unpaired) electrons. The first-order valence-electron chi connectivity index (χ1n) is 9.25. The van der Waals surface area contributed by atoms with Crippen LogP contribution in [0.25, 0.3) is 16.7 Å². The van der Waals surface area contributed by atoms with Crippen LogP contribution in [0.2, 0.25) is 0 Å². The third-order valence-electron chi connectivity index (χ3n) is 4.86. The molecule has 150 valence electrons. The molecule has 0 unspecified atom stereocenters. The number of carbonyl (C=O) groups excluding carboxylic acids is 1. The predicted molar refractivity (Wildman–Crippen MR) is 115 cm³/mol. The third kappa shape index (κ3) is 3.26. The molecule has 1 amide bonds. The van der Waals surface area contributed by atoms with Crippen LogP contribution in [0.1, 0.15) is 15.9 Å². The fourth-order valence-corrected chi connectivity index (χ4v) is 3.28. The molecule has 0 saturated carbocycles. The second-order valence-electron chi connectivity index (χ2n) is 6.71. The number of pyridine rings is 2. The number of ether oxygens (including phenoxy) is 1. The Morgan fingerprint density at radius 3 is 2.50 bits per heavy atom. The summed E-state index contributed by atoms with van der Waals surface area (Å²) < 4.78 is 6.48. The van der Waals surface area contributed by atoms with Gasteiger partial charge in [-0.15, -0.1) is 0 Å². The van der Waals surface area contributed by atoms with Crippen molar-refractivity contribution in [1.82, 2.24) is 9.55 Å². The van der Waals surface area contributed by atoms with Crippen LogP contribution in [-0.4, -0.2) is 27.7 Å². The number of hydrogen-bond acceptors (Lipinski definition) is 5. The number of hydrogen-bond donors (Lipinski definition) is 2. The predicted octanol–water partition coefficient (Wildman–Crippen LogP) is 3.66. The molecule has 7 heteroatoms. The zero-order valence-corrected chi connectivity index (χ0v) is 16.4. The highest BCUT2D eigenvalue weighted by Crippen LogP contribution is 2.28. The van der Waals surface area contributed by atoms with E-state index in [4.69, 9.17) is 4.74 Å². The summed E-state index contributed by atoms with van der Waals surface area (Å²) in [7, 11) is 1.55. The Bertz CT molecular complexity index is 1310. The van der Waals surface area contributed by atoms with Gasteiger partial charge in [-0.05, 0) is 55.0 Å². The quantitative estimate of drug-likeness (QED) is 0.544. The highest BCUT2D eigenvalue weighted by molar-refractivity contribution is 6.09. The Hall–Kier alpha value is -4.13. The Morgan fingerprint density at radius 1 is 1.07 bits per heavy atom. The number of amides is 1. The lowest BCUT2D eigenvalue weighted by atomic mass is 10.1. The molecule has 2 N–H and O–H groups in total. The highest BCUT2D eigenvalue weighted by atomic mass is 16.5. The SMILES string of the molecule is COc1ccc(-n2c(=O)c(C(=O)Nc3ccccc3C)c(O)c3cccnc32)cc1. The van der Waals surface area contributed by atoms with E-state index < -0.39 is 17.2 Å². The molecule has 7 nitrogen and oxygen atoms in total. The molecule has 30 heavy (non-hydrogen) atoms. The fraction of sp³-hybridized carbons (Fsp3) is 0.0870. The third-order valence-corrected chi connectivity index (χ3v) is 4.86. The van der Waals surface area contributed by atoms with Crippen LogP contribution in [0.4, 0.5) is 5.69 Å². The normalized spacial score (nSPS) is 10.7. The van der Waals surface area contributed by atoms with Crippen LogP contribution in [0.15, 0.2) is 71.7 Å². The van der Waals surface area contributed by atoms with Gasteiger partial charge in [0.15, 0.2) is 5.65 Å². The minimum absolute atomic E-state index is 0.248. The van der Waals surface area contributed by atoms with Gasteiger partial charge in [0.05, 0.1) is 18.2 Å². The van der Waals surface area contributed by atoms with Crippen molar-refractivity contribution in [3.8, 4) is 17.2 Å². The second kappa shape index (κ2) is 7.71. The average molecular weight is 401 g/mol. The molecule has 2 heterocycles. The van der Waals surface area contributed by atoms with Gasteiger partial charge < -0.3 is 15.2 Å². The highest BCUT2D eigenvalue weighted by Gasteiger charge is 2.24. The topological polar surface area (TPSA) is 93.5 Å². The van der Waals surface area contributed by atoms with Gasteiger partial charge in [-0.3, -0.25) is 14.2 Å². The van der Waals surface area contributed by atoms with Crippen molar-refractivity contribution in [2.45, 2.75) is 6.92 Å². The molecule has 4 aromatic rings. The Labute approximate surface area is 172 Å². The number of para-hydroxylation sites is 1. The molecule has 2 aromatic carbocycles. The Morgan fingerprint density at radius 2 is 1.80 bits per heavy atom. The van der Waals surface area contributed by atoms with E-state index in [1.54, 1.807) is 55.6 Å². The van der Waals surface area contributed by atoms with Gasteiger partial charge in [0, 0.05) is 11.9 Å². The number of anilines is 1. The zero-order chi connectivity index (χ0) is 21.3. The van der Waals surface area contributed by atoms with Crippen molar-refractivity contribution in [3.05, 3.63) is 88.3 Å². The van der Waals surface area contributed by atoms with Gasteiger partial charge >= 0.3 is 0 Å². The summed E-state index contributed by atoms with van der Waals surface area (Å²) in [6.07, 6.45) is 1.52. The molecule has 0 aliphatic rings. The van der Waals surface area contributed by atoms with Gasteiger partial charge in [0.1, 0.15) is 17.1 Å². The van der Waals surface area contributed by atoms with E-state index in [0.29, 0.717) is 22.5 Å². The summed E-state index contributed by atoms with van der Waals surface area (Å²) in [5.41, 5.74) is 1.11. The Balaban J connectivity index is 1.93. The lowest BCUT2D eigenvalue weighted by Crippen LogP contribution is -2.29. The lowest BCUT2D eigenvalue weighted by Gasteiger charge is -2.15. The number of aromatic nitrogens is 2. The number of nitrogens with one attached hydrogen (secondary N) is 1. The van der Waals surface area contributed by atoms with Crippen molar-refractivity contribution >= 4 is 22.6 Å². The molecule has 0 spiro atoms. The van der Waals surface area contributed by atoms with Gasteiger partial charge in [-0.2, -0.15) is 0 Å². The molecule has 4 rings (SSSR count). The maximum absolute atomic E-state index is 13.3. The van der Waals surface area contributed by atoms with Gasteiger partial charge in [0.2, 0.25) is 0 Å². The number of aromatic hydroxyl groups is 1. The summed E-state index contributed by atoms with van der Waals surface area (Å²) in [5.74, 6) is -0.473. The first-order chi connectivity index (χ1) is 14.5. The van der Waals surface area contributed by atoms with Crippen molar-refractivity contribution < 1.29 is 14.6 Å². The summed E-state index contributed by atoms with van der Waals surface area (Å²) >= 11 is 0. The van der Waals surface area contributed by atoms with Crippen molar-refractivity contribution in [1.29, 1.82) is 0 Å². The molecule has 0 aliphatic carbocycles. The van der Waals surface area contributed by atoms with Crippen LogP contribution >= 0.6 is 0 Å². The van der Waals surface area contributed by atoms with E-state index in [9.17, 15) is 14.7 Å². The number of nitrogens with zero attached hydrogens (tertiary/aromatic N) is 2. The molecule has 0 fully saturated rings. The van der Waals surface area contributed by atoms with Crippen LogP contribution in [0.3, 0.4) is 0 Å². The van der Waals surface area contributed by atoms with E-state index in [1.165, 1.54) is 10.8 Å². The average Bonchev–Trinajstić information content (AvgIpc) is 2.76. The summed E-state index contributed by atoms with van der Waals surface area (Å²) in [4.78, 5) is 30.6. The van der Waals surface area contributed by atoms with Gasteiger partial charge in [-0.25, -0.2) is 4.98 Å². The van der Waals surface area contributed by atoms with Crippen molar-refractivity contribution in [3.63, 3.8) is 0 Å². The molecular weight excluding hydrogens is 382 g/mol. The lowest BCUT2D eigenvalue weighted by molar-refractivity contribution is 0.102. The first-order valence-corrected chi connectivity index (χ1v) is 9.25. The zero-order valence-electron chi connectivity index (χ0n) is 16.4.